The standard InChI is InChI=1S/C7H12N/c1-5-6-8(4)7(2)3/h5-6H,1-2H2,3-4H3/q+1. The van der Waals surface area contributed by atoms with Gasteiger partial charge in [-0.15, -0.1) is 0 Å². The molecular weight excluding hydrogens is 98.1 g/mol. The number of rotatable bonds is 2. The fourth-order valence-corrected chi connectivity index (χ4v) is 0.285. The molecule has 0 fully saturated rings. The summed E-state index contributed by atoms with van der Waals surface area (Å²) in [5.74, 6) is 0. The van der Waals surface area contributed by atoms with Gasteiger partial charge in [0.2, 0.25) is 0 Å². The minimum atomic E-state index is 1.02. The van der Waals surface area contributed by atoms with Gasteiger partial charge in [-0.2, -0.15) is 0 Å². The third kappa shape index (κ3) is 2.35. The zero-order valence-electron chi connectivity index (χ0n) is 5.52. The average molecular weight is 110 g/mol. The van der Waals surface area contributed by atoms with Crippen LogP contribution in [0.4, 0.5) is 0 Å². The number of hydrogen-bond donors (Lipinski definition) is 0. The lowest BCUT2D eigenvalue weighted by Crippen LogP contribution is -2.00. The summed E-state index contributed by atoms with van der Waals surface area (Å²) < 4.78 is 1.91. The Labute approximate surface area is 50.7 Å². The first-order chi connectivity index (χ1) is 3.68. The van der Waals surface area contributed by atoms with Gasteiger partial charge in [-0.3, -0.25) is 0 Å². The second kappa shape index (κ2) is 3.19. The van der Waals surface area contributed by atoms with E-state index in [1.165, 1.54) is 0 Å². The SMILES string of the molecule is C=CC=[N+](C)C(=C)C. The van der Waals surface area contributed by atoms with Crippen LogP contribution in [0.3, 0.4) is 0 Å². The highest BCUT2D eigenvalue weighted by molar-refractivity contribution is 5.65. The Kier molecular flexibility index (Phi) is 2.85. The summed E-state index contributed by atoms with van der Waals surface area (Å²) in [7, 11) is 1.93. The number of allylic oxidation sites excluding steroid dienone is 2. The summed E-state index contributed by atoms with van der Waals surface area (Å²) >= 11 is 0. The Bertz CT molecular complexity index is 131. The lowest BCUT2D eigenvalue weighted by atomic mass is 10.5. The first-order valence-electron chi connectivity index (χ1n) is 2.52. The first-order valence-corrected chi connectivity index (χ1v) is 2.52. The van der Waals surface area contributed by atoms with Gasteiger partial charge < -0.3 is 0 Å². The largest absolute Gasteiger partial charge is 0.206 e. The predicted molar refractivity (Wildman–Crippen MR) is 37.3 cm³/mol. The van der Waals surface area contributed by atoms with Crippen LogP contribution in [0.15, 0.2) is 24.9 Å². The van der Waals surface area contributed by atoms with Crippen molar-refractivity contribution in [3.63, 3.8) is 0 Å². The Morgan fingerprint density at radius 1 is 1.62 bits per heavy atom. The van der Waals surface area contributed by atoms with Gasteiger partial charge in [-0.25, -0.2) is 4.58 Å². The van der Waals surface area contributed by atoms with Gasteiger partial charge in [-0.05, 0) is 12.7 Å². The zero-order valence-corrected chi connectivity index (χ0v) is 5.52. The highest BCUT2D eigenvalue weighted by Gasteiger charge is 1.89. The van der Waals surface area contributed by atoms with Crippen LogP contribution in [0.1, 0.15) is 6.92 Å². The van der Waals surface area contributed by atoms with E-state index in [1.54, 1.807) is 6.08 Å². The molecule has 0 aliphatic carbocycles. The van der Waals surface area contributed by atoms with Crippen LogP contribution >= 0.6 is 0 Å². The molecule has 0 radical (unpaired) electrons. The van der Waals surface area contributed by atoms with Crippen LogP contribution in [0, 0.1) is 0 Å². The Morgan fingerprint density at radius 2 is 2.12 bits per heavy atom. The van der Waals surface area contributed by atoms with Crippen molar-refractivity contribution in [2.45, 2.75) is 6.92 Å². The fourth-order valence-electron chi connectivity index (χ4n) is 0.285. The Balaban J connectivity index is 3.99. The maximum Gasteiger partial charge on any atom is 0.170 e. The van der Waals surface area contributed by atoms with Gasteiger partial charge in [-0.1, -0.05) is 6.58 Å². The number of nitrogens with zero attached hydrogens (tertiary/aromatic N) is 1. The molecule has 0 rings (SSSR count). The molecule has 0 aliphatic rings. The Morgan fingerprint density at radius 3 is 2.25 bits per heavy atom. The van der Waals surface area contributed by atoms with E-state index in [9.17, 15) is 0 Å². The maximum absolute atomic E-state index is 3.72. The molecular formula is C7H12N+. The van der Waals surface area contributed by atoms with Crippen molar-refractivity contribution in [2.24, 2.45) is 0 Å². The summed E-state index contributed by atoms with van der Waals surface area (Å²) in [5.41, 5.74) is 1.02. The topological polar surface area (TPSA) is 3.01 Å². The van der Waals surface area contributed by atoms with Crippen molar-refractivity contribution in [1.82, 2.24) is 0 Å². The van der Waals surface area contributed by atoms with Gasteiger partial charge in [0, 0.05) is 6.92 Å². The van der Waals surface area contributed by atoms with Crippen molar-refractivity contribution in [3.8, 4) is 0 Å². The second-order valence-corrected chi connectivity index (χ2v) is 1.73. The molecule has 0 N–H and O–H groups in total. The quantitative estimate of drug-likeness (QED) is 0.373. The lowest BCUT2D eigenvalue weighted by Gasteiger charge is -1.87. The molecule has 0 aliphatic heterocycles. The predicted octanol–water partition coefficient (Wildman–Crippen LogP) is 1.42. The first kappa shape index (κ1) is 7.15. The van der Waals surface area contributed by atoms with Gasteiger partial charge in [0.15, 0.2) is 11.9 Å². The minimum absolute atomic E-state index is 1.02. The Hall–Kier alpha value is -0.850. The van der Waals surface area contributed by atoms with Crippen molar-refractivity contribution >= 4 is 6.21 Å². The normalized spacial score (nSPS) is 11.0. The molecule has 0 saturated carbocycles. The molecule has 0 aromatic carbocycles. The van der Waals surface area contributed by atoms with Crippen LogP contribution in [0.5, 0.6) is 0 Å². The molecule has 0 heterocycles. The molecule has 1 heteroatoms. The van der Waals surface area contributed by atoms with Crippen molar-refractivity contribution in [3.05, 3.63) is 24.9 Å². The van der Waals surface area contributed by atoms with Crippen LogP contribution in [0.25, 0.3) is 0 Å². The van der Waals surface area contributed by atoms with Crippen molar-refractivity contribution in [2.75, 3.05) is 7.05 Å². The molecule has 0 atom stereocenters. The zero-order chi connectivity index (χ0) is 6.57. The van der Waals surface area contributed by atoms with E-state index in [0.717, 1.165) is 5.70 Å². The van der Waals surface area contributed by atoms with Crippen LogP contribution in [-0.2, 0) is 0 Å². The molecule has 1 nitrogen and oxygen atoms in total. The molecule has 0 aromatic rings. The average Bonchev–Trinajstić information content (AvgIpc) is 1.67. The summed E-state index contributed by atoms with van der Waals surface area (Å²) in [6.07, 6.45) is 3.59. The molecule has 0 unspecified atom stereocenters. The molecule has 0 amide bonds. The molecule has 0 spiro atoms. The van der Waals surface area contributed by atoms with Crippen molar-refractivity contribution < 1.29 is 4.58 Å². The van der Waals surface area contributed by atoms with Crippen LogP contribution < -0.4 is 0 Å². The summed E-state index contributed by atoms with van der Waals surface area (Å²) in [4.78, 5) is 0. The monoisotopic (exact) mass is 110 g/mol. The van der Waals surface area contributed by atoms with E-state index in [1.807, 2.05) is 24.8 Å². The van der Waals surface area contributed by atoms with Gasteiger partial charge in [0.25, 0.3) is 0 Å². The number of hydrogen-bond acceptors (Lipinski definition) is 0. The van der Waals surface area contributed by atoms with Crippen molar-refractivity contribution in [1.29, 1.82) is 0 Å². The van der Waals surface area contributed by atoms with Gasteiger partial charge >= 0.3 is 0 Å². The summed E-state index contributed by atoms with van der Waals surface area (Å²) in [5, 5.41) is 0. The van der Waals surface area contributed by atoms with Gasteiger partial charge in [0.05, 0.1) is 0 Å². The maximum atomic E-state index is 3.72. The van der Waals surface area contributed by atoms with E-state index in [-0.39, 0.29) is 0 Å². The third-order valence-electron chi connectivity index (χ3n) is 0.931. The van der Waals surface area contributed by atoms with Crippen LogP contribution in [0.2, 0.25) is 0 Å². The van der Waals surface area contributed by atoms with E-state index < -0.39 is 0 Å². The lowest BCUT2D eigenvalue weighted by molar-refractivity contribution is -0.436. The van der Waals surface area contributed by atoms with E-state index in [4.69, 9.17) is 0 Å². The molecule has 0 aromatic heterocycles. The molecule has 0 saturated heterocycles. The van der Waals surface area contributed by atoms with E-state index in [0.29, 0.717) is 0 Å². The second-order valence-electron chi connectivity index (χ2n) is 1.73. The van der Waals surface area contributed by atoms with Crippen LogP contribution in [-0.4, -0.2) is 17.8 Å². The molecule has 0 bridgehead atoms. The minimum Gasteiger partial charge on any atom is -0.206 e. The molecule has 44 valence electrons. The molecule has 8 heavy (non-hydrogen) atoms. The fraction of sp³-hybridized carbons (Fsp3) is 0.286. The van der Waals surface area contributed by atoms with E-state index in [2.05, 4.69) is 13.2 Å². The van der Waals surface area contributed by atoms with E-state index >= 15 is 0 Å². The highest BCUT2D eigenvalue weighted by Crippen LogP contribution is 1.82. The summed E-state index contributed by atoms with van der Waals surface area (Å²) in [6, 6.07) is 0. The highest BCUT2D eigenvalue weighted by atomic mass is 15.0. The summed E-state index contributed by atoms with van der Waals surface area (Å²) in [6.45, 7) is 9.21. The van der Waals surface area contributed by atoms with Gasteiger partial charge in [0.1, 0.15) is 7.05 Å². The smallest absolute Gasteiger partial charge is 0.170 e. The third-order valence-corrected chi connectivity index (χ3v) is 0.931.